The highest BCUT2D eigenvalue weighted by atomic mass is 19.2. The van der Waals surface area contributed by atoms with Crippen molar-refractivity contribution in [3.63, 3.8) is 0 Å². The topological polar surface area (TPSA) is 130 Å². The van der Waals surface area contributed by atoms with Gasteiger partial charge in [0.1, 0.15) is 36.2 Å². The quantitative estimate of drug-likeness (QED) is 0.452. The van der Waals surface area contributed by atoms with Crippen LogP contribution in [0.3, 0.4) is 0 Å². The molecule has 3 fully saturated rings. The standard InChI is InChI=1S/C29H36F3N5O7/c1-4-40-26-22(12-17-11-20(34-44-17)15-5-7-36(8-6-15)28(38)39)42-23-14-41-29(2,3)43-27(23)25(26)37-13-21(33-35-37)16-9-18(30)24(32)19(31)10-16/h9-10,13,15,17,22-23,25-27H,4-8,11-12,14H2,1-3H3,(H,38,39)/t17-,22-,23-,25?,26+,27+/m1/s1. The molecule has 3 saturated heterocycles. The number of hydrogen-bond donors (Lipinski definition) is 1. The van der Waals surface area contributed by atoms with Crippen molar-refractivity contribution in [2.45, 2.75) is 88.8 Å². The normalized spacial score (nSPS) is 30.5. The molecule has 1 unspecified atom stereocenters. The van der Waals surface area contributed by atoms with E-state index < -0.39 is 59.8 Å². The van der Waals surface area contributed by atoms with Crippen LogP contribution in [-0.2, 0) is 23.8 Å². The summed E-state index contributed by atoms with van der Waals surface area (Å²) in [5.41, 5.74) is 1.10. The SMILES string of the molecule is CCO[C@@H]1C(n2cc(-c3cc(F)c(F)c(F)c3)nn2)[C@H]2OC(C)(C)OC[C@H]2O[C@@H]1C[C@H]1CC(C2CCN(C(=O)O)CC2)=NO1. The molecule has 0 spiro atoms. The Balaban J connectivity index is 1.23. The minimum absolute atomic E-state index is 0.0345. The second-order valence-corrected chi connectivity index (χ2v) is 12.0. The number of fused-ring (bicyclic) bond motifs is 1. The number of halogens is 3. The predicted molar refractivity (Wildman–Crippen MR) is 147 cm³/mol. The molecule has 0 bridgehead atoms. The number of aromatic nitrogens is 3. The average molecular weight is 624 g/mol. The summed E-state index contributed by atoms with van der Waals surface area (Å²) in [7, 11) is 0. The highest BCUT2D eigenvalue weighted by Gasteiger charge is 2.53. The summed E-state index contributed by atoms with van der Waals surface area (Å²) in [6, 6.07) is 1.17. The number of nitrogens with zero attached hydrogens (tertiary/aromatic N) is 5. The van der Waals surface area contributed by atoms with E-state index in [0.29, 0.717) is 45.4 Å². The number of rotatable bonds is 7. The zero-order valence-corrected chi connectivity index (χ0v) is 24.7. The third-order valence-electron chi connectivity index (χ3n) is 8.71. The maximum absolute atomic E-state index is 14.0. The number of benzene rings is 1. The lowest BCUT2D eigenvalue weighted by atomic mass is 9.86. The van der Waals surface area contributed by atoms with Gasteiger partial charge in [-0.2, -0.15) is 0 Å². The van der Waals surface area contributed by atoms with Crippen LogP contribution in [0.15, 0.2) is 23.5 Å². The fourth-order valence-corrected chi connectivity index (χ4v) is 6.56. The number of amides is 1. The number of piperidine rings is 1. The van der Waals surface area contributed by atoms with Gasteiger partial charge in [-0.1, -0.05) is 10.4 Å². The lowest BCUT2D eigenvalue weighted by Gasteiger charge is -2.51. The zero-order chi connectivity index (χ0) is 31.2. The molecule has 6 rings (SSSR count). The molecule has 4 aliphatic rings. The van der Waals surface area contributed by atoms with E-state index in [4.69, 9.17) is 23.8 Å². The van der Waals surface area contributed by atoms with Crippen molar-refractivity contribution in [1.82, 2.24) is 19.9 Å². The molecule has 0 aliphatic carbocycles. The van der Waals surface area contributed by atoms with Crippen molar-refractivity contribution in [3.05, 3.63) is 35.8 Å². The number of carbonyl (C=O) groups is 1. The summed E-state index contributed by atoms with van der Waals surface area (Å²) in [6.07, 6.45) is 0.597. The molecule has 0 radical (unpaired) electrons. The Labute approximate surface area is 252 Å². The van der Waals surface area contributed by atoms with Crippen LogP contribution >= 0.6 is 0 Å². The zero-order valence-electron chi connectivity index (χ0n) is 24.7. The first kappa shape index (κ1) is 30.7. The monoisotopic (exact) mass is 623 g/mol. The molecule has 2 aromatic rings. The summed E-state index contributed by atoms with van der Waals surface area (Å²) in [5, 5.41) is 22.1. The highest BCUT2D eigenvalue weighted by Crippen LogP contribution is 2.42. The maximum Gasteiger partial charge on any atom is 0.407 e. The van der Waals surface area contributed by atoms with E-state index >= 15 is 0 Å². The molecule has 44 heavy (non-hydrogen) atoms. The summed E-state index contributed by atoms with van der Waals surface area (Å²) in [5.74, 6) is -4.98. The largest absolute Gasteiger partial charge is 0.465 e. The molecule has 0 saturated carbocycles. The minimum atomic E-state index is -1.56. The maximum atomic E-state index is 14.0. The fraction of sp³-hybridized carbons (Fsp3) is 0.655. The third-order valence-corrected chi connectivity index (χ3v) is 8.71. The van der Waals surface area contributed by atoms with E-state index in [1.165, 1.54) is 11.1 Å². The lowest BCUT2D eigenvalue weighted by molar-refractivity contribution is -0.352. The molecule has 240 valence electrons. The molecule has 12 nitrogen and oxygen atoms in total. The smallest absolute Gasteiger partial charge is 0.407 e. The third kappa shape index (κ3) is 6.14. The van der Waals surface area contributed by atoms with Gasteiger partial charge in [-0.15, -0.1) is 5.10 Å². The van der Waals surface area contributed by atoms with Gasteiger partial charge in [0, 0.05) is 44.0 Å². The van der Waals surface area contributed by atoms with Crippen LogP contribution < -0.4 is 0 Å². The Morgan fingerprint density at radius 1 is 1.18 bits per heavy atom. The van der Waals surface area contributed by atoms with Crippen molar-refractivity contribution in [2.75, 3.05) is 26.3 Å². The number of likely N-dealkylation sites (tertiary alicyclic amines) is 1. The van der Waals surface area contributed by atoms with Gasteiger partial charge in [0.05, 0.1) is 24.6 Å². The van der Waals surface area contributed by atoms with Crippen LogP contribution in [0.25, 0.3) is 11.3 Å². The van der Waals surface area contributed by atoms with Gasteiger partial charge in [-0.05, 0) is 45.7 Å². The van der Waals surface area contributed by atoms with Crippen molar-refractivity contribution < 1.29 is 46.9 Å². The first-order chi connectivity index (χ1) is 21.0. The predicted octanol–water partition coefficient (Wildman–Crippen LogP) is 4.15. The van der Waals surface area contributed by atoms with Gasteiger partial charge < -0.3 is 33.8 Å². The molecular weight excluding hydrogens is 587 g/mol. The molecule has 1 aromatic heterocycles. The van der Waals surface area contributed by atoms with Crippen molar-refractivity contribution in [2.24, 2.45) is 11.1 Å². The van der Waals surface area contributed by atoms with Crippen LogP contribution in [0.2, 0.25) is 0 Å². The number of carboxylic acid groups (broad SMARTS) is 1. The Hall–Kier alpha value is -3.27. The molecule has 1 aromatic carbocycles. The molecule has 1 N–H and O–H groups in total. The van der Waals surface area contributed by atoms with E-state index in [1.54, 1.807) is 18.5 Å². The van der Waals surface area contributed by atoms with Crippen LogP contribution in [0.4, 0.5) is 18.0 Å². The molecule has 5 heterocycles. The summed E-state index contributed by atoms with van der Waals surface area (Å²) >= 11 is 0. The summed E-state index contributed by atoms with van der Waals surface area (Å²) < 4.78 is 68.3. The average Bonchev–Trinajstić information content (AvgIpc) is 3.66. The van der Waals surface area contributed by atoms with Crippen molar-refractivity contribution in [3.8, 4) is 11.3 Å². The van der Waals surface area contributed by atoms with Crippen molar-refractivity contribution >= 4 is 11.8 Å². The van der Waals surface area contributed by atoms with E-state index in [1.807, 2.05) is 6.92 Å². The number of hydrogen-bond acceptors (Lipinski definition) is 9. The van der Waals surface area contributed by atoms with Crippen LogP contribution in [0, 0.1) is 23.4 Å². The lowest BCUT2D eigenvalue weighted by Crippen LogP contribution is -2.63. The Bertz CT molecular complexity index is 1380. The summed E-state index contributed by atoms with van der Waals surface area (Å²) in [4.78, 5) is 18.6. The minimum Gasteiger partial charge on any atom is -0.465 e. The van der Waals surface area contributed by atoms with Crippen molar-refractivity contribution in [1.29, 1.82) is 0 Å². The van der Waals surface area contributed by atoms with Gasteiger partial charge in [0.15, 0.2) is 23.2 Å². The summed E-state index contributed by atoms with van der Waals surface area (Å²) in [6.45, 7) is 6.97. The second kappa shape index (κ2) is 12.3. The number of ether oxygens (including phenoxy) is 4. The van der Waals surface area contributed by atoms with Gasteiger partial charge in [0.2, 0.25) is 0 Å². The second-order valence-electron chi connectivity index (χ2n) is 12.0. The van der Waals surface area contributed by atoms with E-state index in [9.17, 15) is 23.1 Å². The van der Waals surface area contributed by atoms with Crippen LogP contribution in [0.1, 0.15) is 52.5 Å². The molecular formula is C29H36F3N5O7. The highest BCUT2D eigenvalue weighted by molar-refractivity contribution is 5.88. The van der Waals surface area contributed by atoms with E-state index in [2.05, 4.69) is 15.5 Å². The van der Waals surface area contributed by atoms with Gasteiger partial charge >= 0.3 is 6.09 Å². The van der Waals surface area contributed by atoms with Gasteiger partial charge in [0.25, 0.3) is 0 Å². The first-order valence-corrected chi connectivity index (χ1v) is 14.9. The van der Waals surface area contributed by atoms with Gasteiger partial charge in [-0.3, -0.25) is 0 Å². The molecule has 15 heteroatoms. The molecule has 4 aliphatic heterocycles. The molecule has 1 amide bonds. The van der Waals surface area contributed by atoms with E-state index in [0.717, 1.165) is 17.8 Å². The number of oxime groups is 1. The molecule has 6 atom stereocenters. The van der Waals surface area contributed by atoms with Crippen LogP contribution in [0.5, 0.6) is 0 Å². The Morgan fingerprint density at radius 3 is 2.59 bits per heavy atom. The Kier molecular flexibility index (Phi) is 8.56. The van der Waals surface area contributed by atoms with Gasteiger partial charge in [-0.25, -0.2) is 22.6 Å². The first-order valence-electron chi connectivity index (χ1n) is 14.9. The van der Waals surface area contributed by atoms with E-state index in [-0.39, 0.29) is 29.9 Å². The fourth-order valence-electron chi connectivity index (χ4n) is 6.56. The Morgan fingerprint density at radius 2 is 1.91 bits per heavy atom. The van der Waals surface area contributed by atoms with Crippen LogP contribution in [-0.4, -0.2) is 99.4 Å².